The van der Waals surface area contributed by atoms with Gasteiger partial charge in [0.25, 0.3) is 0 Å². The van der Waals surface area contributed by atoms with Crippen LogP contribution in [0.15, 0.2) is 30.3 Å². The van der Waals surface area contributed by atoms with Crippen LogP contribution < -0.4 is 5.32 Å². The van der Waals surface area contributed by atoms with Gasteiger partial charge in [-0.25, -0.2) is 4.79 Å². The van der Waals surface area contributed by atoms with Crippen LogP contribution in [0.5, 0.6) is 0 Å². The number of nitrogens with one attached hydrogen (secondary N) is 1. The maximum absolute atomic E-state index is 11.7. The van der Waals surface area contributed by atoms with E-state index in [0.29, 0.717) is 12.1 Å². The topological polar surface area (TPSA) is 64.6 Å². The Labute approximate surface area is 119 Å². The second kappa shape index (κ2) is 7.53. The zero-order valence-electron chi connectivity index (χ0n) is 12.1. The average Bonchev–Trinajstić information content (AvgIpc) is 2.44. The lowest BCUT2D eigenvalue weighted by Crippen LogP contribution is -2.27. The number of para-hydroxylation sites is 1. The minimum atomic E-state index is -0.568. The van der Waals surface area contributed by atoms with E-state index in [-0.39, 0.29) is 19.2 Å². The molecule has 1 rings (SSSR count). The monoisotopic (exact) mass is 279 g/mol. The predicted molar refractivity (Wildman–Crippen MR) is 76.4 cm³/mol. The van der Waals surface area contributed by atoms with Gasteiger partial charge >= 0.3 is 12.1 Å². The van der Waals surface area contributed by atoms with E-state index in [2.05, 4.69) is 5.32 Å². The first kappa shape index (κ1) is 16.0. The van der Waals surface area contributed by atoms with Crippen molar-refractivity contribution in [1.29, 1.82) is 0 Å². The second-order valence-electron chi connectivity index (χ2n) is 5.00. The van der Waals surface area contributed by atoms with Crippen LogP contribution in [-0.2, 0) is 14.3 Å². The third-order valence-corrected chi connectivity index (χ3v) is 3.01. The molecule has 0 fully saturated rings. The van der Waals surface area contributed by atoms with E-state index >= 15 is 0 Å². The molecule has 0 atom stereocenters. The number of carbonyl (C=O) groups excluding carboxylic acids is 2. The lowest BCUT2D eigenvalue weighted by atomic mass is 9.91. The molecule has 0 saturated carbocycles. The normalized spacial score (nSPS) is 10.8. The van der Waals surface area contributed by atoms with Crippen molar-refractivity contribution in [2.24, 2.45) is 5.41 Å². The Balaban J connectivity index is 2.21. The third-order valence-electron chi connectivity index (χ3n) is 3.01. The van der Waals surface area contributed by atoms with E-state index in [0.717, 1.165) is 0 Å². The van der Waals surface area contributed by atoms with E-state index < -0.39 is 11.5 Å². The second-order valence-corrected chi connectivity index (χ2v) is 5.00. The van der Waals surface area contributed by atoms with Crippen LogP contribution in [-0.4, -0.2) is 25.3 Å². The summed E-state index contributed by atoms with van der Waals surface area (Å²) >= 11 is 0. The first-order chi connectivity index (χ1) is 9.45. The zero-order chi connectivity index (χ0) is 15.0. The molecule has 0 unspecified atom stereocenters. The molecule has 0 bridgehead atoms. The minimum Gasteiger partial charge on any atom is -0.462 e. The highest BCUT2D eigenvalue weighted by molar-refractivity contribution is 5.84. The molecule has 0 spiro atoms. The molecule has 5 nitrogen and oxygen atoms in total. The fourth-order valence-corrected chi connectivity index (χ4v) is 1.28. The Morgan fingerprint density at radius 1 is 1.10 bits per heavy atom. The molecule has 110 valence electrons. The van der Waals surface area contributed by atoms with E-state index in [1.165, 1.54) is 0 Å². The largest absolute Gasteiger partial charge is 0.462 e. The Morgan fingerprint density at radius 3 is 2.30 bits per heavy atom. The molecule has 0 saturated heterocycles. The number of anilines is 1. The summed E-state index contributed by atoms with van der Waals surface area (Å²) in [5.41, 5.74) is 0.147. The molecule has 0 aliphatic rings. The molecule has 0 heterocycles. The van der Waals surface area contributed by atoms with Crippen molar-refractivity contribution in [3.05, 3.63) is 30.3 Å². The van der Waals surface area contributed by atoms with Crippen molar-refractivity contribution in [2.45, 2.75) is 27.2 Å². The van der Waals surface area contributed by atoms with Crippen molar-refractivity contribution < 1.29 is 19.1 Å². The zero-order valence-corrected chi connectivity index (χ0v) is 12.1. The van der Waals surface area contributed by atoms with Crippen molar-refractivity contribution >= 4 is 17.7 Å². The van der Waals surface area contributed by atoms with E-state index in [1.807, 2.05) is 39.0 Å². The van der Waals surface area contributed by atoms with Crippen LogP contribution in [0.1, 0.15) is 27.2 Å². The highest BCUT2D eigenvalue weighted by atomic mass is 16.6. The maximum Gasteiger partial charge on any atom is 0.411 e. The molecule has 20 heavy (non-hydrogen) atoms. The van der Waals surface area contributed by atoms with Crippen LogP contribution in [0.4, 0.5) is 10.5 Å². The Hall–Kier alpha value is -2.04. The summed E-state index contributed by atoms with van der Waals surface area (Å²) < 4.78 is 9.97. The summed E-state index contributed by atoms with van der Waals surface area (Å²) in [6.45, 7) is 5.65. The number of carbonyl (C=O) groups is 2. The summed E-state index contributed by atoms with van der Waals surface area (Å²) in [6.07, 6.45) is 0.128. The lowest BCUT2D eigenvalue weighted by molar-refractivity contribution is -0.155. The molecule has 1 aromatic rings. The highest BCUT2D eigenvalue weighted by Gasteiger charge is 2.26. The Bertz CT molecular complexity index is 442. The molecule has 1 aromatic carbocycles. The summed E-state index contributed by atoms with van der Waals surface area (Å²) in [5, 5.41) is 2.57. The van der Waals surface area contributed by atoms with Gasteiger partial charge in [-0.3, -0.25) is 10.1 Å². The van der Waals surface area contributed by atoms with Crippen LogP contribution in [0, 0.1) is 5.41 Å². The number of hydrogen-bond donors (Lipinski definition) is 1. The van der Waals surface area contributed by atoms with E-state index in [1.54, 1.807) is 12.1 Å². The number of ether oxygens (including phenoxy) is 2. The molecule has 0 radical (unpaired) electrons. The van der Waals surface area contributed by atoms with Crippen LogP contribution in [0.25, 0.3) is 0 Å². The third kappa shape index (κ3) is 5.30. The number of hydrogen-bond acceptors (Lipinski definition) is 4. The highest BCUT2D eigenvalue weighted by Crippen LogP contribution is 2.21. The molecule has 0 aliphatic heterocycles. The SMILES string of the molecule is CCC(C)(C)C(=O)OCCOC(=O)Nc1ccccc1. The summed E-state index contributed by atoms with van der Waals surface area (Å²) in [4.78, 5) is 23.1. The lowest BCUT2D eigenvalue weighted by Gasteiger charge is -2.20. The first-order valence-electron chi connectivity index (χ1n) is 6.62. The first-order valence-corrected chi connectivity index (χ1v) is 6.62. The fraction of sp³-hybridized carbons (Fsp3) is 0.467. The number of rotatable bonds is 6. The summed E-state index contributed by atoms with van der Waals surface area (Å²) in [6, 6.07) is 8.98. The molecule has 0 aliphatic carbocycles. The smallest absolute Gasteiger partial charge is 0.411 e. The molecule has 0 aromatic heterocycles. The number of esters is 1. The van der Waals surface area contributed by atoms with E-state index in [9.17, 15) is 9.59 Å². The van der Waals surface area contributed by atoms with Gasteiger partial charge in [0.05, 0.1) is 5.41 Å². The standard InChI is InChI=1S/C15H21NO4/c1-4-15(2,3)13(17)19-10-11-20-14(18)16-12-8-6-5-7-9-12/h5-9H,4,10-11H2,1-3H3,(H,16,18). The fourth-order valence-electron chi connectivity index (χ4n) is 1.28. The van der Waals surface area contributed by atoms with Gasteiger partial charge in [0.15, 0.2) is 0 Å². The van der Waals surface area contributed by atoms with Gasteiger partial charge in [0.1, 0.15) is 13.2 Å². The van der Waals surface area contributed by atoms with E-state index in [4.69, 9.17) is 9.47 Å². The number of amides is 1. The Kier molecular flexibility index (Phi) is 6.03. The van der Waals surface area contributed by atoms with Crippen LogP contribution >= 0.6 is 0 Å². The van der Waals surface area contributed by atoms with Crippen LogP contribution in [0.2, 0.25) is 0 Å². The van der Waals surface area contributed by atoms with Crippen molar-refractivity contribution in [3.8, 4) is 0 Å². The number of benzene rings is 1. The van der Waals surface area contributed by atoms with Gasteiger partial charge < -0.3 is 9.47 Å². The summed E-state index contributed by atoms with van der Waals surface area (Å²) in [5.74, 6) is -0.285. The van der Waals surface area contributed by atoms with Gasteiger partial charge in [0.2, 0.25) is 0 Å². The van der Waals surface area contributed by atoms with Gasteiger partial charge in [0, 0.05) is 5.69 Å². The maximum atomic E-state index is 11.7. The quantitative estimate of drug-likeness (QED) is 0.641. The molecule has 5 heteroatoms. The molecular weight excluding hydrogens is 258 g/mol. The van der Waals surface area contributed by atoms with Gasteiger partial charge in [-0.05, 0) is 32.4 Å². The molecule has 1 amide bonds. The minimum absolute atomic E-state index is 0.0319. The van der Waals surface area contributed by atoms with Gasteiger partial charge in [-0.1, -0.05) is 25.1 Å². The van der Waals surface area contributed by atoms with Gasteiger partial charge in [-0.15, -0.1) is 0 Å². The summed E-state index contributed by atoms with van der Waals surface area (Å²) in [7, 11) is 0. The van der Waals surface area contributed by atoms with Crippen molar-refractivity contribution in [3.63, 3.8) is 0 Å². The van der Waals surface area contributed by atoms with Crippen LogP contribution in [0.3, 0.4) is 0 Å². The van der Waals surface area contributed by atoms with Gasteiger partial charge in [-0.2, -0.15) is 0 Å². The molecule has 1 N–H and O–H groups in total. The van der Waals surface area contributed by atoms with Crippen molar-refractivity contribution in [1.82, 2.24) is 0 Å². The Morgan fingerprint density at radius 2 is 1.70 bits per heavy atom. The van der Waals surface area contributed by atoms with Crippen molar-refractivity contribution in [2.75, 3.05) is 18.5 Å². The molecular formula is C15H21NO4. The average molecular weight is 279 g/mol. The predicted octanol–water partition coefficient (Wildman–Crippen LogP) is 3.21.